The van der Waals surface area contributed by atoms with E-state index < -0.39 is 0 Å². The van der Waals surface area contributed by atoms with Crippen LogP contribution in [0, 0.1) is 0 Å². The van der Waals surface area contributed by atoms with Gasteiger partial charge in [0.05, 0.1) is 6.04 Å². The van der Waals surface area contributed by atoms with Crippen molar-refractivity contribution in [3.63, 3.8) is 0 Å². The predicted octanol–water partition coefficient (Wildman–Crippen LogP) is 2.85. The monoisotopic (exact) mass is 341 g/mol. The molecular weight excluding hydrogens is 318 g/mol. The van der Waals surface area contributed by atoms with E-state index in [-0.39, 0.29) is 11.9 Å². The maximum Gasteiger partial charge on any atom is 0.276 e. The largest absolute Gasteiger partial charge is 0.360 e. The van der Waals surface area contributed by atoms with Crippen LogP contribution in [-0.4, -0.2) is 37.3 Å². The highest BCUT2D eigenvalue weighted by atomic mass is 16.5. The van der Waals surface area contributed by atoms with Crippen LogP contribution in [0.4, 0.5) is 0 Å². The molecule has 1 atom stereocenters. The topological polar surface area (TPSA) is 77.1 Å². The number of aromatic nitrogens is 4. The summed E-state index contributed by atoms with van der Waals surface area (Å²) < 4.78 is 7.62. The molecule has 25 heavy (non-hydrogen) atoms. The van der Waals surface area contributed by atoms with Crippen LogP contribution in [-0.2, 0) is 13.0 Å². The Bertz CT molecular complexity index is 791. The molecule has 2 aromatic heterocycles. The summed E-state index contributed by atoms with van der Waals surface area (Å²) in [5.41, 5.74) is 0.435. The number of carbonyl (C=O) groups is 1. The molecule has 2 aliphatic heterocycles. The molecule has 3 aliphatic rings. The number of amides is 1. The molecule has 1 saturated heterocycles. The van der Waals surface area contributed by atoms with Gasteiger partial charge in [0.15, 0.2) is 11.5 Å². The quantitative estimate of drug-likeness (QED) is 0.858. The minimum atomic E-state index is -0.0379. The Labute approximate surface area is 146 Å². The van der Waals surface area contributed by atoms with Crippen LogP contribution in [0.1, 0.15) is 84.8 Å². The fraction of sp³-hybridized carbons (Fsp3) is 0.667. The number of hydrogen-bond donors (Lipinski definition) is 0. The third-order valence-corrected chi connectivity index (χ3v) is 5.68. The van der Waals surface area contributed by atoms with Gasteiger partial charge in [0.25, 0.3) is 5.91 Å². The number of hydrogen-bond acceptors (Lipinski definition) is 5. The average Bonchev–Trinajstić information content (AvgIpc) is 3.06. The van der Waals surface area contributed by atoms with E-state index in [1.54, 1.807) is 0 Å². The standard InChI is InChI=1S/C18H23N5O2/c24-18(13-11-15(25-21-13)12-7-8-12)22-10-4-5-14(22)17-20-19-16-6-2-1-3-9-23(16)17/h11-12,14H,1-10H2/t14-/m0/s1. The Kier molecular flexibility index (Phi) is 3.60. The van der Waals surface area contributed by atoms with Crippen molar-refractivity contribution in [2.45, 2.75) is 69.9 Å². The van der Waals surface area contributed by atoms with E-state index in [0.29, 0.717) is 11.6 Å². The van der Waals surface area contributed by atoms with Crippen molar-refractivity contribution in [2.24, 2.45) is 0 Å². The lowest BCUT2D eigenvalue weighted by molar-refractivity contribution is 0.0716. The fourth-order valence-corrected chi connectivity index (χ4v) is 4.13. The van der Waals surface area contributed by atoms with Crippen molar-refractivity contribution >= 4 is 5.91 Å². The van der Waals surface area contributed by atoms with Crippen LogP contribution >= 0.6 is 0 Å². The lowest BCUT2D eigenvalue weighted by Crippen LogP contribution is -2.32. The smallest absolute Gasteiger partial charge is 0.276 e. The van der Waals surface area contributed by atoms with Crippen molar-refractivity contribution in [1.82, 2.24) is 24.8 Å². The van der Waals surface area contributed by atoms with Crippen LogP contribution < -0.4 is 0 Å². The summed E-state index contributed by atoms with van der Waals surface area (Å²) in [6, 6.07) is 1.84. The van der Waals surface area contributed by atoms with Gasteiger partial charge in [-0.15, -0.1) is 10.2 Å². The molecule has 7 heteroatoms. The number of likely N-dealkylation sites (tertiary alicyclic amines) is 1. The van der Waals surface area contributed by atoms with E-state index in [1.165, 1.54) is 12.8 Å². The SMILES string of the molecule is O=C(c1cc(C2CC2)on1)N1CCC[C@H]1c1nnc2n1CCCCC2. The predicted molar refractivity (Wildman–Crippen MR) is 89.1 cm³/mol. The second kappa shape index (κ2) is 5.97. The molecule has 2 aromatic rings. The van der Waals surface area contributed by atoms with E-state index in [4.69, 9.17) is 4.52 Å². The molecule has 1 amide bonds. The first kappa shape index (κ1) is 15.1. The van der Waals surface area contributed by atoms with E-state index in [9.17, 15) is 4.79 Å². The third-order valence-electron chi connectivity index (χ3n) is 5.68. The summed E-state index contributed by atoms with van der Waals surface area (Å²) in [6.07, 6.45) is 8.77. The normalized spacial score (nSPS) is 23.5. The van der Waals surface area contributed by atoms with Gasteiger partial charge >= 0.3 is 0 Å². The minimum Gasteiger partial charge on any atom is -0.360 e. The maximum atomic E-state index is 13.0. The summed E-state index contributed by atoms with van der Waals surface area (Å²) in [5, 5.41) is 12.9. The van der Waals surface area contributed by atoms with Crippen molar-refractivity contribution in [1.29, 1.82) is 0 Å². The first-order valence-electron chi connectivity index (χ1n) is 9.51. The molecule has 0 spiro atoms. The average molecular weight is 341 g/mol. The summed E-state index contributed by atoms with van der Waals surface area (Å²) in [7, 11) is 0. The van der Waals surface area contributed by atoms with Gasteiger partial charge in [-0.2, -0.15) is 0 Å². The summed E-state index contributed by atoms with van der Waals surface area (Å²) >= 11 is 0. The van der Waals surface area contributed by atoms with Crippen LogP contribution in [0.3, 0.4) is 0 Å². The Hall–Kier alpha value is -2.18. The molecule has 0 N–H and O–H groups in total. The molecule has 0 unspecified atom stereocenters. The number of aryl methyl sites for hydroxylation is 1. The Morgan fingerprint density at radius 2 is 2.00 bits per heavy atom. The van der Waals surface area contributed by atoms with Crippen LogP contribution in [0.25, 0.3) is 0 Å². The van der Waals surface area contributed by atoms with Crippen LogP contribution in [0.2, 0.25) is 0 Å². The van der Waals surface area contributed by atoms with Crippen molar-refractivity contribution in [3.8, 4) is 0 Å². The van der Waals surface area contributed by atoms with Gasteiger partial charge in [-0.1, -0.05) is 11.6 Å². The number of fused-ring (bicyclic) bond motifs is 1. The highest BCUT2D eigenvalue weighted by Crippen LogP contribution is 2.40. The molecular formula is C18H23N5O2. The van der Waals surface area contributed by atoms with Crippen LogP contribution in [0.15, 0.2) is 10.6 Å². The van der Waals surface area contributed by atoms with E-state index in [2.05, 4.69) is 19.9 Å². The number of carbonyl (C=O) groups excluding carboxylic acids is 1. The van der Waals surface area contributed by atoms with Gasteiger partial charge in [0, 0.05) is 31.5 Å². The highest BCUT2D eigenvalue weighted by Gasteiger charge is 2.37. The Morgan fingerprint density at radius 1 is 1.08 bits per heavy atom. The molecule has 132 valence electrons. The zero-order valence-electron chi connectivity index (χ0n) is 14.4. The second-order valence-corrected chi connectivity index (χ2v) is 7.48. The molecule has 4 heterocycles. The highest BCUT2D eigenvalue weighted by molar-refractivity contribution is 5.92. The second-order valence-electron chi connectivity index (χ2n) is 7.48. The summed E-state index contributed by atoms with van der Waals surface area (Å²) in [5.74, 6) is 3.31. The zero-order valence-corrected chi connectivity index (χ0v) is 14.4. The van der Waals surface area contributed by atoms with Crippen molar-refractivity contribution in [2.75, 3.05) is 6.54 Å². The lowest BCUT2D eigenvalue weighted by atomic mass is 10.2. The van der Waals surface area contributed by atoms with Gasteiger partial charge in [-0.05, 0) is 38.5 Å². The fourth-order valence-electron chi connectivity index (χ4n) is 4.13. The molecule has 7 nitrogen and oxygen atoms in total. The summed E-state index contributed by atoms with van der Waals surface area (Å²) in [6.45, 7) is 1.71. The lowest BCUT2D eigenvalue weighted by Gasteiger charge is -2.23. The Morgan fingerprint density at radius 3 is 2.88 bits per heavy atom. The van der Waals surface area contributed by atoms with Gasteiger partial charge < -0.3 is 14.0 Å². The van der Waals surface area contributed by atoms with Gasteiger partial charge in [-0.3, -0.25) is 4.79 Å². The van der Waals surface area contributed by atoms with Gasteiger partial charge in [0.1, 0.15) is 11.6 Å². The maximum absolute atomic E-state index is 13.0. The third kappa shape index (κ3) is 2.65. The van der Waals surface area contributed by atoms with E-state index in [1.807, 2.05) is 11.0 Å². The van der Waals surface area contributed by atoms with Gasteiger partial charge in [-0.25, -0.2) is 0 Å². The van der Waals surface area contributed by atoms with Crippen LogP contribution in [0.5, 0.6) is 0 Å². The van der Waals surface area contributed by atoms with Crippen molar-refractivity contribution in [3.05, 3.63) is 29.2 Å². The van der Waals surface area contributed by atoms with Crippen molar-refractivity contribution < 1.29 is 9.32 Å². The molecule has 1 aliphatic carbocycles. The first-order chi connectivity index (χ1) is 12.3. The number of rotatable bonds is 3. The summed E-state index contributed by atoms with van der Waals surface area (Å²) in [4.78, 5) is 14.9. The minimum absolute atomic E-state index is 0.00734. The van der Waals surface area contributed by atoms with E-state index in [0.717, 1.165) is 69.0 Å². The molecule has 0 radical (unpaired) electrons. The molecule has 0 aromatic carbocycles. The van der Waals surface area contributed by atoms with Gasteiger partial charge in [0.2, 0.25) is 0 Å². The molecule has 2 fully saturated rings. The first-order valence-corrected chi connectivity index (χ1v) is 9.51. The zero-order chi connectivity index (χ0) is 16.8. The number of nitrogens with zero attached hydrogens (tertiary/aromatic N) is 5. The molecule has 1 saturated carbocycles. The molecule has 0 bridgehead atoms. The Balaban J connectivity index is 1.41. The molecule has 5 rings (SSSR count). The van der Waals surface area contributed by atoms with E-state index >= 15 is 0 Å².